The number of H-pyrrole nitrogens is 1. The zero-order chi connectivity index (χ0) is 14.9. The standard InChI is InChI=1S/C14H14ClFN2O2/c1-3-8(2)18-13(19)11(12(15)17-14(18)20)9-4-6-10(16)7-5-9/h4-8H,3H2,1-2H3,(H,17,20). The Bertz CT molecular complexity index is 734. The maximum Gasteiger partial charge on any atom is 0.329 e. The summed E-state index contributed by atoms with van der Waals surface area (Å²) in [4.78, 5) is 26.8. The highest BCUT2D eigenvalue weighted by atomic mass is 35.5. The van der Waals surface area contributed by atoms with Crippen molar-refractivity contribution >= 4 is 11.6 Å². The summed E-state index contributed by atoms with van der Waals surface area (Å²) in [5, 5.41) is -0.0360. The lowest BCUT2D eigenvalue weighted by atomic mass is 10.1. The molecule has 0 aliphatic rings. The Morgan fingerprint density at radius 1 is 1.30 bits per heavy atom. The molecule has 1 aromatic carbocycles. The topological polar surface area (TPSA) is 54.9 Å². The third kappa shape index (κ3) is 2.54. The predicted molar refractivity (Wildman–Crippen MR) is 76.7 cm³/mol. The molecule has 4 nitrogen and oxygen atoms in total. The normalized spacial score (nSPS) is 12.4. The number of nitrogens with zero attached hydrogens (tertiary/aromatic N) is 1. The van der Waals surface area contributed by atoms with Crippen LogP contribution >= 0.6 is 11.6 Å². The van der Waals surface area contributed by atoms with E-state index >= 15 is 0 Å². The van der Waals surface area contributed by atoms with Crippen molar-refractivity contribution in [1.29, 1.82) is 0 Å². The van der Waals surface area contributed by atoms with Crippen LogP contribution in [0.25, 0.3) is 11.1 Å². The smallest absolute Gasteiger partial charge is 0.297 e. The van der Waals surface area contributed by atoms with Gasteiger partial charge in [-0.3, -0.25) is 14.3 Å². The molecule has 2 aromatic rings. The fourth-order valence-electron chi connectivity index (χ4n) is 1.97. The first-order valence-electron chi connectivity index (χ1n) is 6.26. The summed E-state index contributed by atoms with van der Waals surface area (Å²) in [6.07, 6.45) is 0.632. The number of aromatic amines is 1. The van der Waals surface area contributed by atoms with Crippen molar-refractivity contribution in [2.45, 2.75) is 26.3 Å². The summed E-state index contributed by atoms with van der Waals surface area (Å²) >= 11 is 5.97. The molecule has 0 aliphatic heterocycles. The van der Waals surface area contributed by atoms with Crippen LogP contribution in [0, 0.1) is 5.82 Å². The van der Waals surface area contributed by atoms with Gasteiger partial charge in [0, 0.05) is 6.04 Å². The monoisotopic (exact) mass is 296 g/mol. The van der Waals surface area contributed by atoms with Crippen LogP contribution in [0.3, 0.4) is 0 Å². The van der Waals surface area contributed by atoms with Crippen molar-refractivity contribution in [3.8, 4) is 11.1 Å². The van der Waals surface area contributed by atoms with Crippen molar-refractivity contribution in [2.24, 2.45) is 0 Å². The average molecular weight is 297 g/mol. The molecule has 0 saturated carbocycles. The van der Waals surface area contributed by atoms with Crippen molar-refractivity contribution < 1.29 is 4.39 Å². The van der Waals surface area contributed by atoms with Crippen LogP contribution in [0.1, 0.15) is 26.3 Å². The molecule has 1 N–H and O–H groups in total. The minimum atomic E-state index is -0.541. The van der Waals surface area contributed by atoms with Gasteiger partial charge in [-0.2, -0.15) is 0 Å². The molecule has 1 unspecified atom stereocenters. The summed E-state index contributed by atoms with van der Waals surface area (Å²) in [6, 6.07) is 5.14. The summed E-state index contributed by atoms with van der Waals surface area (Å²) in [5.74, 6) is -0.406. The van der Waals surface area contributed by atoms with Gasteiger partial charge in [-0.1, -0.05) is 30.7 Å². The van der Waals surface area contributed by atoms with Gasteiger partial charge in [0.05, 0.1) is 5.56 Å². The van der Waals surface area contributed by atoms with Crippen LogP contribution < -0.4 is 11.2 Å². The summed E-state index contributed by atoms with van der Waals surface area (Å²) in [7, 11) is 0. The molecular formula is C14H14ClFN2O2. The second kappa shape index (κ2) is 5.63. The third-order valence-corrected chi connectivity index (χ3v) is 3.54. The van der Waals surface area contributed by atoms with Crippen LogP contribution in [0.4, 0.5) is 4.39 Å². The lowest BCUT2D eigenvalue weighted by molar-refractivity contribution is 0.491. The molecule has 106 valence electrons. The lowest BCUT2D eigenvalue weighted by Gasteiger charge is -2.14. The fourth-order valence-corrected chi connectivity index (χ4v) is 2.24. The zero-order valence-electron chi connectivity index (χ0n) is 11.1. The van der Waals surface area contributed by atoms with Crippen LogP contribution in [0.15, 0.2) is 33.9 Å². The van der Waals surface area contributed by atoms with E-state index in [1.807, 2.05) is 6.92 Å². The largest absolute Gasteiger partial charge is 0.329 e. The second-order valence-corrected chi connectivity index (χ2v) is 4.94. The number of hydrogen-bond donors (Lipinski definition) is 1. The Kier molecular flexibility index (Phi) is 4.09. The van der Waals surface area contributed by atoms with E-state index in [1.54, 1.807) is 6.92 Å². The first kappa shape index (κ1) is 14.5. The van der Waals surface area contributed by atoms with Crippen molar-refractivity contribution in [3.63, 3.8) is 0 Å². The highest BCUT2D eigenvalue weighted by molar-refractivity contribution is 6.32. The van der Waals surface area contributed by atoms with Gasteiger partial charge in [-0.05, 0) is 31.0 Å². The third-order valence-electron chi connectivity index (χ3n) is 3.25. The number of rotatable bonds is 3. The lowest BCUT2D eigenvalue weighted by Crippen LogP contribution is -2.38. The number of benzene rings is 1. The summed E-state index contributed by atoms with van der Waals surface area (Å²) in [5.41, 5.74) is -0.374. The van der Waals surface area contributed by atoms with Gasteiger partial charge in [0.1, 0.15) is 11.0 Å². The Morgan fingerprint density at radius 2 is 1.90 bits per heavy atom. The Labute approximate surface area is 119 Å². The highest BCUT2D eigenvalue weighted by Crippen LogP contribution is 2.22. The minimum Gasteiger partial charge on any atom is -0.297 e. The molecule has 1 aromatic heterocycles. The highest BCUT2D eigenvalue weighted by Gasteiger charge is 2.17. The van der Waals surface area contributed by atoms with Gasteiger partial charge in [-0.25, -0.2) is 9.18 Å². The van der Waals surface area contributed by atoms with Gasteiger partial charge in [-0.15, -0.1) is 0 Å². The van der Waals surface area contributed by atoms with E-state index in [0.29, 0.717) is 12.0 Å². The Balaban J connectivity index is 2.74. The van der Waals surface area contributed by atoms with Crippen LogP contribution in [0.2, 0.25) is 5.15 Å². The number of hydrogen-bond acceptors (Lipinski definition) is 2. The van der Waals surface area contributed by atoms with Crippen molar-refractivity contribution in [1.82, 2.24) is 9.55 Å². The molecule has 0 radical (unpaired) electrons. The summed E-state index contributed by atoms with van der Waals surface area (Å²) in [6.45, 7) is 3.65. The van der Waals surface area contributed by atoms with E-state index in [1.165, 1.54) is 24.3 Å². The van der Waals surface area contributed by atoms with Crippen molar-refractivity contribution in [3.05, 3.63) is 56.1 Å². The molecule has 20 heavy (non-hydrogen) atoms. The number of halogens is 2. The molecule has 0 fully saturated rings. The second-order valence-electron chi connectivity index (χ2n) is 4.56. The molecule has 0 aliphatic carbocycles. The van der Waals surface area contributed by atoms with E-state index in [2.05, 4.69) is 4.98 Å². The zero-order valence-corrected chi connectivity index (χ0v) is 11.9. The van der Waals surface area contributed by atoms with Gasteiger partial charge >= 0.3 is 5.69 Å². The van der Waals surface area contributed by atoms with Gasteiger partial charge in [0.25, 0.3) is 5.56 Å². The van der Waals surface area contributed by atoms with E-state index < -0.39 is 17.1 Å². The molecular weight excluding hydrogens is 283 g/mol. The molecule has 1 heterocycles. The quantitative estimate of drug-likeness (QED) is 0.885. The van der Waals surface area contributed by atoms with Gasteiger partial charge in [0.15, 0.2) is 0 Å². The minimum absolute atomic E-state index is 0.0360. The van der Waals surface area contributed by atoms with Crippen LogP contribution in [-0.4, -0.2) is 9.55 Å². The van der Waals surface area contributed by atoms with Gasteiger partial charge in [0.2, 0.25) is 0 Å². The maximum absolute atomic E-state index is 13.0. The summed E-state index contributed by atoms with van der Waals surface area (Å²) < 4.78 is 14.1. The van der Waals surface area contributed by atoms with Crippen LogP contribution in [0.5, 0.6) is 0 Å². The average Bonchev–Trinajstić information content (AvgIpc) is 2.40. The van der Waals surface area contributed by atoms with Crippen molar-refractivity contribution in [2.75, 3.05) is 0 Å². The fraction of sp³-hybridized carbons (Fsp3) is 0.286. The molecule has 2 rings (SSSR count). The van der Waals surface area contributed by atoms with E-state index in [9.17, 15) is 14.0 Å². The maximum atomic E-state index is 13.0. The predicted octanol–water partition coefficient (Wildman–Crippen LogP) is 2.97. The number of aromatic nitrogens is 2. The van der Waals surface area contributed by atoms with E-state index in [-0.39, 0.29) is 16.8 Å². The molecule has 0 saturated heterocycles. The Morgan fingerprint density at radius 3 is 2.45 bits per heavy atom. The van der Waals surface area contributed by atoms with Crippen LogP contribution in [-0.2, 0) is 0 Å². The molecule has 0 spiro atoms. The van der Waals surface area contributed by atoms with E-state index in [4.69, 9.17) is 11.6 Å². The molecule has 1 atom stereocenters. The Hall–Kier alpha value is -1.88. The first-order valence-corrected chi connectivity index (χ1v) is 6.63. The van der Waals surface area contributed by atoms with E-state index in [0.717, 1.165) is 4.57 Å². The molecule has 0 bridgehead atoms. The number of nitrogens with one attached hydrogen (secondary N) is 1. The SMILES string of the molecule is CCC(C)n1c(=O)[nH]c(Cl)c(-c2ccc(F)cc2)c1=O. The molecule has 6 heteroatoms. The van der Waals surface area contributed by atoms with Gasteiger partial charge < -0.3 is 0 Å². The molecule has 0 amide bonds. The first-order chi connectivity index (χ1) is 9.45.